The average Bonchev–Trinajstić information content (AvgIpc) is 2.61. The molecular weight excluding hydrogens is 352 g/mol. The third-order valence-corrected chi connectivity index (χ3v) is 6.14. The number of carbonyl (C=O) groups is 1. The molecule has 1 aliphatic heterocycles. The van der Waals surface area contributed by atoms with Crippen LogP contribution in [0.1, 0.15) is 35.3 Å². The van der Waals surface area contributed by atoms with Gasteiger partial charge in [-0.05, 0) is 44.0 Å². The van der Waals surface area contributed by atoms with Crippen molar-refractivity contribution in [2.24, 2.45) is 0 Å². The summed E-state index contributed by atoms with van der Waals surface area (Å²) in [6.45, 7) is 4.11. The molecule has 0 atom stereocenters. The zero-order chi connectivity index (χ0) is 18.9. The molecule has 0 fully saturated rings. The van der Waals surface area contributed by atoms with E-state index in [0.717, 1.165) is 11.1 Å². The summed E-state index contributed by atoms with van der Waals surface area (Å²) in [7, 11) is -2.29. The number of sulfonamides is 1. The molecule has 2 N–H and O–H groups in total. The summed E-state index contributed by atoms with van der Waals surface area (Å²) in [5.74, 6) is 0.359. The molecule has 0 spiro atoms. The number of carbonyl (C=O) groups excluding carboxylic acids is 1. The molecule has 0 saturated heterocycles. The zero-order valence-electron chi connectivity index (χ0n) is 15.0. The lowest BCUT2D eigenvalue weighted by molar-refractivity contribution is 0.0945. The Balaban J connectivity index is 1.96. The van der Waals surface area contributed by atoms with Crippen LogP contribution in [0.2, 0.25) is 0 Å². The van der Waals surface area contributed by atoms with Gasteiger partial charge in [-0.15, -0.1) is 0 Å². The fourth-order valence-electron chi connectivity index (χ4n) is 3.17. The Kier molecular flexibility index (Phi) is 4.77. The van der Waals surface area contributed by atoms with E-state index in [9.17, 15) is 13.2 Å². The minimum Gasteiger partial charge on any atom is -0.496 e. The van der Waals surface area contributed by atoms with Gasteiger partial charge in [0.25, 0.3) is 5.91 Å². The van der Waals surface area contributed by atoms with Gasteiger partial charge < -0.3 is 10.1 Å². The highest BCUT2D eigenvalue weighted by atomic mass is 32.2. The van der Waals surface area contributed by atoms with Crippen LogP contribution in [0.25, 0.3) is 0 Å². The van der Waals surface area contributed by atoms with E-state index >= 15 is 0 Å². The fraction of sp³-hybridized carbons (Fsp3) is 0.316. The van der Waals surface area contributed by atoms with Crippen molar-refractivity contribution in [2.45, 2.75) is 30.7 Å². The smallest absolute Gasteiger partial charge is 0.251 e. The Bertz CT molecular complexity index is 952. The molecule has 0 aliphatic carbocycles. The van der Waals surface area contributed by atoms with Crippen LogP contribution in [-0.4, -0.2) is 28.0 Å². The van der Waals surface area contributed by atoms with E-state index in [2.05, 4.69) is 10.0 Å². The van der Waals surface area contributed by atoms with E-state index in [1.807, 2.05) is 18.2 Å². The minimum absolute atomic E-state index is 0.0660. The maximum Gasteiger partial charge on any atom is 0.251 e. The number of methoxy groups -OCH3 is 1. The number of nitrogens with one attached hydrogen (secondary N) is 2. The largest absolute Gasteiger partial charge is 0.496 e. The second kappa shape index (κ2) is 6.74. The molecule has 1 aliphatic rings. The normalized spacial score (nSPS) is 14.5. The first-order valence-electron chi connectivity index (χ1n) is 8.33. The summed E-state index contributed by atoms with van der Waals surface area (Å²) in [6.07, 6.45) is 0.696. The van der Waals surface area contributed by atoms with Gasteiger partial charge in [0, 0.05) is 17.7 Å². The van der Waals surface area contributed by atoms with Gasteiger partial charge in [0.2, 0.25) is 10.0 Å². The molecule has 0 radical (unpaired) electrons. The van der Waals surface area contributed by atoms with Crippen molar-refractivity contribution in [1.82, 2.24) is 10.0 Å². The van der Waals surface area contributed by atoms with E-state index in [1.165, 1.54) is 12.1 Å². The first kappa shape index (κ1) is 18.4. The Labute approximate surface area is 153 Å². The summed E-state index contributed by atoms with van der Waals surface area (Å²) in [4.78, 5) is 12.1. The van der Waals surface area contributed by atoms with E-state index in [-0.39, 0.29) is 10.8 Å². The zero-order valence-corrected chi connectivity index (χ0v) is 15.8. The van der Waals surface area contributed by atoms with Gasteiger partial charge >= 0.3 is 0 Å². The van der Waals surface area contributed by atoms with E-state index in [1.54, 1.807) is 33.1 Å². The molecular formula is C19H22N2O4S. The van der Waals surface area contributed by atoms with E-state index in [0.29, 0.717) is 24.3 Å². The maximum absolute atomic E-state index is 12.9. The van der Waals surface area contributed by atoms with Gasteiger partial charge in [-0.1, -0.05) is 24.3 Å². The van der Waals surface area contributed by atoms with Crippen molar-refractivity contribution < 1.29 is 17.9 Å². The van der Waals surface area contributed by atoms with Gasteiger partial charge in [-0.25, -0.2) is 13.1 Å². The maximum atomic E-state index is 12.9. The molecule has 7 heteroatoms. The number of hydrogen-bond acceptors (Lipinski definition) is 4. The van der Waals surface area contributed by atoms with Crippen LogP contribution in [0.15, 0.2) is 47.4 Å². The van der Waals surface area contributed by atoms with Crippen molar-refractivity contribution in [3.05, 3.63) is 59.2 Å². The first-order valence-corrected chi connectivity index (χ1v) is 9.81. The van der Waals surface area contributed by atoms with Gasteiger partial charge in [-0.3, -0.25) is 4.79 Å². The summed E-state index contributed by atoms with van der Waals surface area (Å²) < 4.78 is 33.9. The van der Waals surface area contributed by atoms with Gasteiger partial charge in [-0.2, -0.15) is 0 Å². The van der Waals surface area contributed by atoms with Gasteiger partial charge in [0.1, 0.15) is 5.75 Å². The third-order valence-electron chi connectivity index (χ3n) is 4.49. The molecule has 0 bridgehead atoms. The molecule has 2 aromatic carbocycles. The van der Waals surface area contributed by atoms with Crippen molar-refractivity contribution >= 4 is 15.9 Å². The van der Waals surface area contributed by atoms with Crippen LogP contribution < -0.4 is 14.8 Å². The van der Waals surface area contributed by atoms with E-state index < -0.39 is 15.6 Å². The Morgan fingerprint density at radius 2 is 1.88 bits per heavy atom. The number of hydrogen-bond donors (Lipinski definition) is 2. The predicted molar refractivity (Wildman–Crippen MR) is 98.8 cm³/mol. The topological polar surface area (TPSA) is 84.5 Å². The Morgan fingerprint density at radius 3 is 2.62 bits per heavy atom. The minimum atomic E-state index is -3.83. The number of para-hydroxylation sites is 1. The molecule has 138 valence electrons. The highest BCUT2D eigenvalue weighted by Crippen LogP contribution is 2.31. The SMILES string of the molecule is COc1ccccc1C(C)(C)NS(=O)(=O)c1ccc2c(c1)C(=O)NCC2. The van der Waals surface area contributed by atoms with Crippen LogP contribution in [0.3, 0.4) is 0 Å². The average molecular weight is 374 g/mol. The predicted octanol–water partition coefficient (Wildman–Crippen LogP) is 2.19. The quantitative estimate of drug-likeness (QED) is 0.840. The number of benzene rings is 2. The monoisotopic (exact) mass is 374 g/mol. The van der Waals surface area contributed by atoms with Crippen LogP contribution >= 0.6 is 0 Å². The highest BCUT2D eigenvalue weighted by Gasteiger charge is 2.31. The van der Waals surface area contributed by atoms with Gasteiger partial charge in [0.15, 0.2) is 0 Å². The number of amides is 1. The third kappa shape index (κ3) is 3.45. The van der Waals surface area contributed by atoms with Crippen LogP contribution in [-0.2, 0) is 22.0 Å². The summed E-state index contributed by atoms with van der Waals surface area (Å²) in [5.41, 5.74) is 1.09. The second-order valence-corrected chi connectivity index (χ2v) is 8.44. The lowest BCUT2D eigenvalue weighted by atomic mass is 9.95. The second-order valence-electron chi connectivity index (χ2n) is 6.76. The van der Waals surface area contributed by atoms with Crippen molar-refractivity contribution in [3.8, 4) is 5.75 Å². The van der Waals surface area contributed by atoms with Crippen molar-refractivity contribution in [2.75, 3.05) is 13.7 Å². The molecule has 0 aromatic heterocycles. The lowest BCUT2D eigenvalue weighted by Crippen LogP contribution is -2.41. The van der Waals surface area contributed by atoms with Crippen LogP contribution in [0.4, 0.5) is 0 Å². The van der Waals surface area contributed by atoms with Crippen molar-refractivity contribution in [3.63, 3.8) is 0 Å². The lowest BCUT2D eigenvalue weighted by Gasteiger charge is -2.28. The first-order chi connectivity index (χ1) is 12.2. The van der Waals surface area contributed by atoms with Crippen molar-refractivity contribution in [1.29, 1.82) is 0 Å². The van der Waals surface area contributed by atoms with Crippen LogP contribution in [0, 0.1) is 0 Å². The van der Waals surface area contributed by atoms with Crippen LogP contribution in [0.5, 0.6) is 5.75 Å². The molecule has 0 saturated carbocycles. The number of ether oxygens (including phenoxy) is 1. The molecule has 2 aromatic rings. The number of rotatable bonds is 5. The highest BCUT2D eigenvalue weighted by molar-refractivity contribution is 7.89. The molecule has 3 rings (SSSR count). The van der Waals surface area contributed by atoms with Gasteiger partial charge in [0.05, 0.1) is 17.5 Å². The van der Waals surface area contributed by atoms with E-state index in [4.69, 9.17) is 4.74 Å². The summed E-state index contributed by atoms with van der Waals surface area (Å²) in [6, 6.07) is 11.9. The molecule has 26 heavy (non-hydrogen) atoms. The Morgan fingerprint density at radius 1 is 1.15 bits per heavy atom. The summed E-state index contributed by atoms with van der Waals surface area (Å²) >= 11 is 0. The standard InChI is InChI=1S/C19H22N2O4S/c1-19(2,16-6-4-5-7-17(16)25-3)21-26(23,24)14-9-8-13-10-11-20-18(22)15(13)12-14/h4-9,12,21H,10-11H2,1-3H3,(H,20,22). The fourth-order valence-corrected chi connectivity index (χ4v) is 4.59. The number of fused-ring (bicyclic) bond motifs is 1. The molecule has 1 amide bonds. The molecule has 0 unspecified atom stereocenters. The molecule has 1 heterocycles. The summed E-state index contributed by atoms with van der Waals surface area (Å²) in [5, 5.41) is 2.74. The Hall–Kier alpha value is -2.38. The molecule has 6 nitrogen and oxygen atoms in total.